The molecule has 0 spiro atoms. The second-order valence-electron chi connectivity index (χ2n) is 4.70. The van der Waals surface area contributed by atoms with Crippen LogP contribution in [0.4, 0.5) is 0 Å². The van der Waals surface area contributed by atoms with Gasteiger partial charge in [-0.25, -0.2) is 0 Å². The molecule has 1 amide bonds. The van der Waals surface area contributed by atoms with Gasteiger partial charge in [0.05, 0.1) is 6.04 Å². The first-order valence-corrected chi connectivity index (χ1v) is 6.15. The van der Waals surface area contributed by atoms with Gasteiger partial charge in [-0.05, 0) is 5.92 Å². The number of carbonyl (C=O) groups excluding carboxylic acids is 1. The van der Waals surface area contributed by atoms with Crippen LogP contribution in [0.2, 0.25) is 0 Å². The summed E-state index contributed by atoms with van der Waals surface area (Å²) in [6.07, 6.45) is 0.809. The third-order valence-electron chi connectivity index (χ3n) is 3.67. The Labute approximate surface area is 103 Å². The van der Waals surface area contributed by atoms with E-state index in [0.717, 1.165) is 6.42 Å². The summed E-state index contributed by atoms with van der Waals surface area (Å²) in [7, 11) is 3.28. The van der Waals surface area contributed by atoms with E-state index >= 15 is 0 Å². The molecule has 5 nitrogen and oxygen atoms in total. The first-order valence-electron chi connectivity index (χ1n) is 6.15. The summed E-state index contributed by atoms with van der Waals surface area (Å²) in [6, 6.07) is -0.423. The minimum atomic E-state index is -0.423. The van der Waals surface area contributed by atoms with Gasteiger partial charge >= 0.3 is 0 Å². The minimum absolute atomic E-state index is 0.000880. The summed E-state index contributed by atoms with van der Waals surface area (Å²) in [4.78, 5) is 13.9. The number of carbonyl (C=O) groups is 1. The Morgan fingerprint density at radius 1 is 1.35 bits per heavy atom. The molecule has 1 fully saturated rings. The zero-order valence-electron chi connectivity index (χ0n) is 11.2. The fraction of sp³-hybridized carbons (Fsp3) is 0.917. The standard InChI is InChI=1S/C12H24N2O3/c1-5-8(2)11(13)12(15)14-6-9(16-3)10(7-14)17-4/h8-11H,5-7,13H2,1-4H3/t8?,9?,10?,11-/m0/s1. The summed E-state index contributed by atoms with van der Waals surface area (Å²) < 4.78 is 10.6. The number of hydrogen-bond donors (Lipinski definition) is 1. The third-order valence-corrected chi connectivity index (χ3v) is 3.67. The Kier molecular flexibility index (Phi) is 5.36. The largest absolute Gasteiger partial charge is 0.377 e. The highest BCUT2D eigenvalue weighted by Gasteiger charge is 2.37. The molecule has 0 radical (unpaired) electrons. The van der Waals surface area contributed by atoms with Crippen molar-refractivity contribution in [1.82, 2.24) is 4.90 Å². The fourth-order valence-electron chi connectivity index (χ4n) is 2.08. The van der Waals surface area contributed by atoms with E-state index in [1.54, 1.807) is 19.1 Å². The molecule has 1 aliphatic heterocycles. The van der Waals surface area contributed by atoms with E-state index in [-0.39, 0.29) is 24.0 Å². The summed E-state index contributed by atoms with van der Waals surface area (Å²) in [5.41, 5.74) is 5.95. The zero-order valence-corrected chi connectivity index (χ0v) is 11.2. The second-order valence-corrected chi connectivity index (χ2v) is 4.70. The fourth-order valence-corrected chi connectivity index (χ4v) is 2.08. The molecule has 0 saturated carbocycles. The number of methoxy groups -OCH3 is 2. The van der Waals surface area contributed by atoms with Crippen molar-refractivity contribution in [3.8, 4) is 0 Å². The van der Waals surface area contributed by atoms with Gasteiger partial charge in [-0.2, -0.15) is 0 Å². The van der Waals surface area contributed by atoms with Crippen molar-refractivity contribution in [3.63, 3.8) is 0 Å². The van der Waals surface area contributed by atoms with Crippen LogP contribution in [-0.2, 0) is 14.3 Å². The van der Waals surface area contributed by atoms with Crippen molar-refractivity contribution >= 4 is 5.91 Å². The van der Waals surface area contributed by atoms with E-state index in [2.05, 4.69) is 0 Å². The van der Waals surface area contributed by atoms with Gasteiger partial charge in [0, 0.05) is 27.3 Å². The second kappa shape index (κ2) is 6.33. The highest BCUT2D eigenvalue weighted by atomic mass is 16.5. The van der Waals surface area contributed by atoms with Gasteiger partial charge in [0.1, 0.15) is 12.2 Å². The number of hydrogen-bond acceptors (Lipinski definition) is 4. The normalized spacial score (nSPS) is 28.2. The maximum atomic E-state index is 12.2. The highest BCUT2D eigenvalue weighted by Crippen LogP contribution is 2.18. The summed E-state index contributed by atoms with van der Waals surface area (Å²) in [5.74, 6) is 0.200. The molecule has 4 atom stereocenters. The molecule has 0 aliphatic carbocycles. The maximum Gasteiger partial charge on any atom is 0.239 e. The Bertz CT molecular complexity index is 248. The van der Waals surface area contributed by atoms with Crippen molar-refractivity contribution in [1.29, 1.82) is 0 Å². The van der Waals surface area contributed by atoms with Crippen LogP contribution in [-0.4, -0.2) is 56.4 Å². The van der Waals surface area contributed by atoms with Gasteiger partial charge in [-0.15, -0.1) is 0 Å². The predicted molar refractivity (Wildman–Crippen MR) is 65.6 cm³/mol. The van der Waals surface area contributed by atoms with Crippen LogP contribution in [0, 0.1) is 5.92 Å². The average Bonchev–Trinajstić information content (AvgIpc) is 2.78. The molecule has 0 aromatic heterocycles. The van der Waals surface area contributed by atoms with Gasteiger partial charge < -0.3 is 20.1 Å². The molecule has 0 aromatic carbocycles. The topological polar surface area (TPSA) is 64.8 Å². The van der Waals surface area contributed by atoms with Crippen molar-refractivity contribution in [2.45, 2.75) is 38.5 Å². The molecular weight excluding hydrogens is 220 g/mol. The Morgan fingerprint density at radius 3 is 2.18 bits per heavy atom. The third kappa shape index (κ3) is 3.18. The van der Waals surface area contributed by atoms with Gasteiger partial charge in [-0.3, -0.25) is 4.79 Å². The Morgan fingerprint density at radius 2 is 1.82 bits per heavy atom. The highest BCUT2D eigenvalue weighted by molar-refractivity contribution is 5.82. The van der Waals surface area contributed by atoms with E-state index < -0.39 is 6.04 Å². The molecule has 3 unspecified atom stereocenters. The molecule has 1 saturated heterocycles. The molecule has 1 aliphatic rings. The average molecular weight is 244 g/mol. The lowest BCUT2D eigenvalue weighted by molar-refractivity contribution is -0.133. The molecule has 0 bridgehead atoms. The van der Waals surface area contributed by atoms with Crippen LogP contribution in [0.1, 0.15) is 20.3 Å². The molecule has 100 valence electrons. The van der Waals surface area contributed by atoms with Crippen LogP contribution < -0.4 is 5.73 Å². The number of amides is 1. The van der Waals surface area contributed by atoms with Crippen molar-refractivity contribution in [3.05, 3.63) is 0 Å². The maximum absolute atomic E-state index is 12.2. The summed E-state index contributed by atoms with van der Waals surface area (Å²) in [6.45, 7) is 5.17. The quantitative estimate of drug-likeness (QED) is 0.752. The Hall–Kier alpha value is -0.650. The van der Waals surface area contributed by atoms with Crippen LogP contribution >= 0.6 is 0 Å². The monoisotopic (exact) mass is 244 g/mol. The summed E-state index contributed by atoms with van der Waals surface area (Å²) in [5, 5.41) is 0. The van der Waals surface area contributed by atoms with E-state index in [4.69, 9.17) is 15.2 Å². The Balaban J connectivity index is 2.60. The number of nitrogens with zero attached hydrogens (tertiary/aromatic N) is 1. The number of ether oxygens (including phenoxy) is 2. The molecule has 17 heavy (non-hydrogen) atoms. The van der Waals surface area contributed by atoms with Gasteiger partial charge in [0.2, 0.25) is 5.91 Å². The molecule has 5 heteroatoms. The number of nitrogens with two attached hydrogens (primary N) is 1. The first-order chi connectivity index (χ1) is 8.04. The first kappa shape index (κ1) is 14.4. The predicted octanol–water partition coefficient (Wildman–Crippen LogP) is 0.232. The molecule has 1 heterocycles. The van der Waals surface area contributed by atoms with Gasteiger partial charge in [-0.1, -0.05) is 20.3 Å². The van der Waals surface area contributed by atoms with Crippen molar-refractivity contribution in [2.75, 3.05) is 27.3 Å². The lowest BCUT2D eigenvalue weighted by Gasteiger charge is -2.24. The number of rotatable bonds is 5. The van der Waals surface area contributed by atoms with Crippen molar-refractivity contribution < 1.29 is 14.3 Å². The van der Waals surface area contributed by atoms with Crippen LogP contribution in [0.15, 0.2) is 0 Å². The lowest BCUT2D eigenvalue weighted by atomic mass is 9.99. The SMILES string of the molecule is CCC(C)[C@H](N)C(=O)N1CC(OC)C(OC)C1. The number of likely N-dealkylation sites (tertiary alicyclic amines) is 1. The molecule has 0 aromatic rings. The summed E-state index contributed by atoms with van der Waals surface area (Å²) >= 11 is 0. The van der Waals surface area contributed by atoms with Crippen LogP contribution in [0.5, 0.6) is 0 Å². The van der Waals surface area contributed by atoms with Crippen LogP contribution in [0.25, 0.3) is 0 Å². The van der Waals surface area contributed by atoms with Crippen LogP contribution in [0.3, 0.4) is 0 Å². The van der Waals surface area contributed by atoms with E-state index in [1.807, 2.05) is 13.8 Å². The molecule has 2 N–H and O–H groups in total. The van der Waals surface area contributed by atoms with Crippen molar-refractivity contribution in [2.24, 2.45) is 11.7 Å². The molecular formula is C12H24N2O3. The van der Waals surface area contributed by atoms with Gasteiger partial charge in [0.25, 0.3) is 0 Å². The van der Waals surface area contributed by atoms with E-state index in [0.29, 0.717) is 13.1 Å². The van der Waals surface area contributed by atoms with Gasteiger partial charge in [0.15, 0.2) is 0 Å². The zero-order chi connectivity index (χ0) is 13.0. The minimum Gasteiger partial charge on any atom is -0.377 e. The lowest BCUT2D eigenvalue weighted by Crippen LogP contribution is -2.46. The molecule has 1 rings (SSSR count). The van der Waals surface area contributed by atoms with E-state index in [9.17, 15) is 4.79 Å². The smallest absolute Gasteiger partial charge is 0.239 e. The van der Waals surface area contributed by atoms with E-state index in [1.165, 1.54) is 0 Å².